The molecule has 1 aromatic carbocycles. The Morgan fingerprint density at radius 3 is 2.44 bits per heavy atom. The van der Waals surface area contributed by atoms with Crippen LogP contribution in [-0.4, -0.2) is 44.2 Å². The normalized spacial score (nSPS) is 21.5. The van der Waals surface area contributed by atoms with E-state index in [-0.39, 0.29) is 12.0 Å². The number of ether oxygens (including phenoxy) is 2. The van der Waals surface area contributed by atoms with Gasteiger partial charge in [0, 0.05) is 6.42 Å². The summed E-state index contributed by atoms with van der Waals surface area (Å²) in [5.74, 6) is -0.355. The van der Waals surface area contributed by atoms with E-state index >= 15 is 0 Å². The van der Waals surface area contributed by atoms with Crippen molar-refractivity contribution >= 4 is 20.4 Å². The summed E-state index contributed by atoms with van der Waals surface area (Å²) in [4.78, 5) is 24.6. The van der Waals surface area contributed by atoms with Crippen molar-refractivity contribution < 1.29 is 23.5 Å². The molecule has 27 heavy (non-hydrogen) atoms. The molecule has 0 bridgehead atoms. The predicted molar refractivity (Wildman–Crippen MR) is 106 cm³/mol. The monoisotopic (exact) mass is 393 g/mol. The molecular formula is C20H31NO5Si. The Labute approximate surface area is 162 Å². The zero-order chi connectivity index (χ0) is 20.2. The van der Waals surface area contributed by atoms with E-state index < -0.39 is 32.2 Å². The SMILES string of the molecule is CC(C)(C)OC(=O)N[C@@H](Cc1ccccc1)[C@@H]1CC(O[Si](C)(C)C)C(=O)O1. The third kappa shape index (κ3) is 7.34. The Hall–Kier alpha value is -1.86. The fourth-order valence-corrected chi connectivity index (χ4v) is 4.00. The first-order chi connectivity index (χ1) is 12.4. The first-order valence-corrected chi connectivity index (χ1v) is 12.8. The first kappa shape index (κ1) is 21.4. The van der Waals surface area contributed by atoms with Crippen molar-refractivity contribution in [2.24, 2.45) is 0 Å². The fraction of sp³-hybridized carbons (Fsp3) is 0.600. The number of nitrogens with one attached hydrogen (secondary N) is 1. The van der Waals surface area contributed by atoms with Crippen LogP contribution in [0.5, 0.6) is 0 Å². The number of alkyl carbamates (subject to hydrolysis) is 1. The summed E-state index contributed by atoms with van der Waals surface area (Å²) in [6.07, 6.45) is -0.574. The number of esters is 1. The maximum absolute atomic E-state index is 12.3. The van der Waals surface area contributed by atoms with Crippen molar-refractivity contribution in [3.8, 4) is 0 Å². The number of carbonyl (C=O) groups is 2. The lowest BCUT2D eigenvalue weighted by Crippen LogP contribution is -2.46. The quantitative estimate of drug-likeness (QED) is 0.590. The molecule has 6 nitrogen and oxygen atoms in total. The topological polar surface area (TPSA) is 73.9 Å². The smallest absolute Gasteiger partial charge is 0.408 e. The molecule has 1 aliphatic rings. The molecule has 1 unspecified atom stereocenters. The molecule has 0 aromatic heterocycles. The van der Waals surface area contributed by atoms with Crippen molar-refractivity contribution in [1.82, 2.24) is 5.32 Å². The van der Waals surface area contributed by atoms with Crippen LogP contribution in [0, 0.1) is 0 Å². The standard InChI is InChI=1S/C20H31NO5Si/c1-20(2,3)25-19(23)21-15(12-14-10-8-7-9-11-14)16-13-17(18(22)24-16)26-27(4,5)6/h7-11,15-17H,12-13H2,1-6H3,(H,21,23)/t15-,16-,17?/m0/s1. The Morgan fingerprint density at radius 2 is 1.89 bits per heavy atom. The van der Waals surface area contributed by atoms with Crippen LogP contribution in [0.15, 0.2) is 30.3 Å². The molecule has 3 atom stereocenters. The summed E-state index contributed by atoms with van der Waals surface area (Å²) in [7, 11) is -1.88. The second-order valence-electron chi connectivity index (χ2n) is 8.87. The van der Waals surface area contributed by atoms with Gasteiger partial charge in [-0.15, -0.1) is 0 Å². The number of hydrogen-bond acceptors (Lipinski definition) is 5. The highest BCUT2D eigenvalue weighted by Crippen LogP contribution is 2.25. The summed E-state index contributed by atoms with van der Waals surface area (Å²) in [5, 5.41) is 2.89. The highest BCUT2D eigenvalue weighted by molar-refractivity contribution is 6.69. The summed E-state index contributed by atoms with van der Waals surface area (Å²) in [6, 6.07) is 9.40. The van der Waals surface area contributed by atoms with Crippen LogP contribution in [0.4, 0.5) is 4.79 Å². The molecule has 0 radical (unpaired) electrons. The van der Waals surface area contributed by atoms with Crippen LogP contribution in [0.3, 0.4) is 0 Å². The van der Waals surface area contributed by atoms with Crippen LogP contribution in [0.25, 0.3) is 0 Å². The average Bonchev–Trinajstić information content (AvgIpc) is 2.85. The molecular weight excluding hydrogens is 362 g/mol. The molecule has 1 amide bonds. The molecule has 1 heterocycles. The van der Waals surface area contributed by atoms with Gasteiger partial charge in [0.05, 0.1) is 6.04 Å². The predicted octanol–water partition coefficient (Wildman–Crippen LogP) is 3.66. The van der Waals surface area contributed by atoms with E-state index in [0.717, 1.165) is 5.56 Å². The molecule has 0 saturated carbocycles. The summed E-state index contributed by atoms with van der Waals surface area (Å²) < 4.78 is 16.9. The van der Waals surface area contributed by atoms with Crippen LogP contribution >= 0.6 is 0 Å². The molecule has 1 N–H and O–H groups in total. The van der Waals surface area contributed by atoms with Crippen LogP contribution in [-0.2, 0) is 25.1 Å². The van der Waals surface area contributed by atoms with Gasteiger partial charge in [-0.2, -0.15) is 0 Å². The number of benzene rings is 1. The zero-order valence-corrected chi connectivity index (χ0v) is 18.1. The van der Waals surface area contributed by atoms with Crippen molar-refractivity contribution in [3.63, 3.8) is 0 Å². The van der Waals surface area contributed by atoms with Crippen LogP contribution < -0.4 is 5.32 Å². The minimum Gasteiger partial charge on any atom is -0.458 e. The Kier molecular flexibility index (Phi) is 6.70. The number of amides is 1. The lowest BCUT2D eigenvalue weighted by atomic mass is 9.99. The summed E-state index contributed by atoms with van der Waals surface area (Å²) in [6.45, 7) is 11.5. The number of cyclic esters (lactones) is 1. The second-order valence-corrected chi connectivity index (χ2v) is 13.3. The number of carbonyl (C=O) groups excluding carboxylic acids is 2. The second kappa shape index (κ2) is 8.44. The van der Waals surface area contributed by atoms with E-state index in [9.17, 15) is 9.59 Å². The van der Waals surface area contributed by atoms with E-state index in [1.807, 2.05) is 70.7 Å². The molecule has 7 heteroatoms. The Bertz CT molecular complexity index is 651. The van der Waals surface area contributed by atoms with Gasteiger partial charge in [0.2, 0.25) is 0 Å². The van der Waals surface area contributed by atoms with E-state index in [1.54, 1.807) is 0 Å². The summed E-state index contributed by atoms with van der Waals surface area (Å²) >= 11 is 0. The van der Waals surface area contributed by atoms with Gasteiger partial charge in [0.15, 0.2) is 8.32 Å². The van der Waals surface area contributed by atoms with Gasteiger partial charge >= 0.3 is 12.1 Å². The lowest BCUT2D eigenvalue weighted by molar-refractivity contribution is -0.147. The van der Waals surface area contributed by atoms with Crippen LogP contribution in [0.2, 0.25) is 19.6 Å². The molecule has 1 saturated heterocycles. The third-order valence-corrected chi connectivity index (χ3v) is 4.91. The largest absolute Gasteiger partial charge is 0.458 e. The highest BCUT2D eigenvalue weighted by atomic mass is 28.4. The van der Waals surface area contributed by atoms with Crippen molar-refractivity contribution in [3.05, 3.63) is 35.9 Å². The van der Waals surface area contributed by atoms with Crippen molar-refractivity contribution in [2.45, 2.75) is 77.1 Å². The summed E-state index contributed by atoms with van der Waals surface area (Å²) in [5.41, 5.74) is 0.446. The minimum atomic E-state index is -1.88. The fourth-order valence-electron chi connectivity index (χ4n) is 2.95. The maximum Gasteiger partial charge on any atom is 0.408 e. The van der Waals surface area contributed by atoms with Gasteiger partial charge in [-0.3, -0.25) is 0 Å². The molecule has 150 valence electrons. The van der Waals surface area contributed by atoms with E-state index in [4.69, 9.17) is 13.9 Å². The Balaban J connectivity index is 2.12. The van der Waals surface area contributed by atoms with Gasteiger partial charge in [-0.1, -0.05) is 30.3 Å². The first-order valence-electron chi connectivity index (χ1n) is 9.35. The minimum absolute atomic E-state index is 0.355. The van der Waals surface area contributed by atoms with Crippen molar-refractivity contribution in [1.29, 1.82) is 0 Å². The Morgan fingerprint density at radius 1 is 1.26 bits per heavy atom. The van der Waals surface area contributed by atoms with E-state index in [1.165, 1.54) is 0 Å². The third-order valence-electron chi connectivity index (χ3n) is 3.92. The van der Waals surface area contributed by atoms with Gasteiger partial charge in [0.1, 0.15) is 17.8 Å². The highest BCUT2D eigenvalue weighted by Gasteiger charge is 2.42. The van der Waals surface area contributed by atoms with Crippen molar-refractivity contribution in [2.75, 3.05) is 0 Å². The average molecular weight is 394 g/mol. The molecule has 1 aliphatic heterocycles. The van der Waals surface area contributed by atoms with Gasteiger partial charge in [0.25, 0.3) is 0 Å². The molecule has 0 spiro atoms. The van der Waals surface area contributed by atoms with E-state index in [0.29, 0.717) is 12.8 Å². The molecule has 1 fully saturated rings. The maximum atomic E-state index is 12.3. The van der Waals surface area contributed by atoms with Gasteiger partial charge < -0.3 is 19.2 Å². The van der Waals surface area contributed by atoms with Crippen LogP contribution in [0.1, 0.15) is 32.8 Å². The number of hydrogen-bond donors (Lipinski definition) is 1. The molecule has 2 rings (SSSR count). The number of rotatable bonds is 6. The zero-order valence-electron chi connectivity index (χ0n) is 17.1. The van der Waals surface area contributed by atoms with Gasteiger partial charge in [-0.25, -0.2) is 9.59 Å². The molecule has 1 aromatic rings. The van der Waals surface area contributed by atoms with E-state index in [2.05, 4.69) is 5.32 Å². The molecule has 0 aliphatic carbocycles. The van der Waals surface area contributed by atoms with Gasteiger partial charge in [-0.05, 0) is 52.4 Å². The lowest BCUT2D eigenvalue weighted by Gasteiger charge is -2.26.